The van der Waals surface area contributed by atoms with Gasteiger partial charge in [-0.05, 0) is 32.8 Å². The van der Waals surface area contributed by atoms with Crippen LogP contribution in [0.4, 0.5) is 0 Å². The van der Waals surface area contributed by atoms with Gasteiger partial charge < -0.3 is 45.1 Å². The maximum atomic E-state index is 13.1. The van der Waals surface area contributed by atoms with Crippen molar-refractivity contribution in [1.29, 1.82) is 0 Å². The molecular weight excluding hydrogens is 606 g/mol. The van der Waals surface area contributed by atoms with Crippen molar-refractivity contribution >= 4 is 11.9 Å². The third-order valence-electron chi connectivity index (χ3n) is 8.64. The van der Waals surface area contributed by atoms with Crippen molar-refractivity contribution in [2.75, 3.05) is 13.7 Å². The molecule has 0 aromatic carbocycles. The van der Waals surface area contributed by atoms with Crippen LogP contribution in [0.2, 0.25) is 0 Å². The first-order valence-electron chi connectivity index (χ1n) is 16.0. The Morgan fingerprint density at radius 2 is 1.74 bits per heavy atom. The number of rotatable bonds is 16. The highest BCUT2D eigenvalue weighted by Crippen LogP contribution is 2.40. The average molecular weight is 660 g/mol. The minimum Gasteiger partial charge on any atom is -0.478 e. The van der Waals surface area contributed by atoms with Crippen LogP contribution in [-0.4, -0.2) is 99.1 Å². The Labute approximate surface area is 278 Å². The molecule has 2 rings (SSSR count). The van der Waals surface area contributed by atoms with Crippen molar-refractivity contribution in [3.05, 3.63) is 84.6 Å². The fourth-order valence-corrected chi connectivity index (χ4v) is 5.85. The van der Waals surface area contributed by atoms with Crippen molar-refractivity contribution in [1.82, 2.24) is 5.32 Å². The molecule has 47 heavy (non-hydrogen) atoms. The molecule has 0 radical (unpaired) electrons. The van der Waals surface area contributed by atoms with Crippen LogP contribution >= 0.6 is 0 Å². The highest BCUT2D eigenvalue weighted by molar-refractivity contribution is 5.80. The largest absolute Gasteiger partial charge is 0.478 e. The zero-order chi connectivity index (χ0) is 35.2. The van der Waals surface area contributed by atoms with Crippen molar-refractivity contribution in [3.8, 4) is 0 Å². The smallest absolute Gasteiger partial charge is 0.328 e. The van der Waals surface area contributed by atoms with Gasteiger partial charge in [0.2, 0.25) is 5.91 Å². The van der Waals surface area contributed by atoms with Gasteiger partial charge in [-0.15, -0.1) is 0 Å². The summed E-state index contributed by atoms with van der Waals surface area (Å²) in [6.07, 6.45) is 17.5. The van der Waals surface area contributed by atoms with E-state index < -0.39 is 53.6 Å². The van der Waals surface area contributed by atoms with Gasteiger partial charge in [-0.3, -0.25) is 4.79 Å². The summed E-state index contributed by atoms with van der Waals surface area (Å²) in [6, 6.07) is 0. The molecule has 2 aliphatic heterocycles. The number of nitrogens with one attached hydrogen (secondary N) is 1. The quantitative estimate of drug-likeness (QED) is 0.107. The van der Waals surface area contributed by atoms with E-state index in [0.29, 0.717) is 6.42 Å². The molecule has 0 saturated carbocycles. The van der Waals surface area contributed by atoms with E-state index in [1.165, 1.54) is 13.0 Å². The summed E-state index contributed by atoms with van der Waals surface area (Å²) in [7, 11) is 1.61. The monoisotopic (exact) mass is 659 g/mol. The molecule has 0 aromatic rings. The van der Waals surface area contributed by atoms with Crippen LogP contribution in [0.15, 0.2) is 84.6 Å². The Morgan fingerprint density at radius 1 is 1.06 bits per heavy atom. The molecule has 0 aromatic heterocycles. The number of methoxy groups -OCH3 is 1. The van der Waals surface area contributed by atoms with E-state index in [4.69, 9.17) is 19.3 Å². The Balaban J connectivity index is 1.97. The second-order valence-electron chi connectivity index (χ2n) is 12.2. The van der Waals surface area contributed by atoms with Crippen LogP contribution < -0.4 is 5.32 Å². The normalized spacial score (nSPS) is 32.8. The molecule has 2 saturated heterocycles. The van der Waals surface area contributed by atoms with Gasteiger partial charge >= 0.3 is 5.97 Å². The van der Waals surface area contributed by atoms with Crippen molar-refractivity contribution in [2.24, 2.45) is 11.8 Å². The number of hydrogen-bond donors (Lipinski definition) is 6. The number of ether oxygens (including phenoxy) is 3. The van der Waals surface area contributed by atoms with Gasteiger partial charge in [0, 0.05) is 38.5 Å². The van der Waals surface area contributed by atoms with E-state index in [9.17, 15) is 30.0 Å². The molecule has 1 amide bonds. The number of carbonyl (C=O) groups is 2. The number of aliphatic hydroxyl groups excluding tert-OH is 2. The first-order chi connectivity index (χ1) is 22.2. The molecule has 11 nitrogen and oxygen atoms in total. The molecule has 262 valence electrons. The lowest BCUT2D eigenvalue weighted by Crippen LogP contribution is -2.64. The summed E-state index contributed by atoms with van der Waals surface area (Å²) < 4.78 is 17.7. The molecule has 11 heteroatoms. The Kier molecular flexibility index (Phi) is 16.2. The molecule has 0 aliphatic carbocycles. The van der Waals surface area contributed by atoms with Gasteiger partial charge in [-0.25, -0.2) is 4.79 Å². The number of carboxylic acid groups (broad SMARTS) is 1. The Hall–Kier alpha value is -3.16. The zero-order valence-corrected chi connectivity index (χ0v) is 28.2. The van der Waals surface area contributed by atoms with Gasteiger partial charge in [-0.2, -0.15) is 0 Å². The van der Waals surface area contributed by atoms with E-state index >= 15 is 0 Å². The van der Waals surface area contributed by atoms with Gasteiger partial charge in [0.15, 0.2) is 5.79 Å². The maximum absolute atomic E-state index is 13.1. The SMILES string of the molecule is CC=CC=CC1OC(O)(C(CC)C(=O)NCC=CC=C(C)C(OC)C(C)C2CC(O)C(C=CC=CC=CC(=O)O)O2)CC(O)C1(C)O. The topological polar surface area (TPSA) is 175 Å². The first-order valence-corrected chi connectivity index (χ1v) is 16.0. The molecule has 10 atom stereocenters. The van der Waals surface area contributed by atoms with Crippen molar-refractivity contribution < 1.29 is 49.3 Å². The third kappa shape index (κ3) is 11.5. The minimum absolute atomic E-state index is 0.0826. The van der Waals surface area contributed by atoms with Crippen LogP contribution in [0.3, 0.4) is 0 Å². The van der Waals surface area contributed by atoms with Gasteiger partial charge in [0.1, 0.15) is 17.8 Å². The maximum Gasteiger partial charge on any atom is 0.328 e. The molecule has 2 fully saturated rings. The number of aliphatic carboxylic acids is 1. The molecule has 0 bridgehead atoms. The predicted octanol–water partition coefficient (Wildman–Crippen LogP) is 3.28. The zero-order valence-electron chi connectivity index (χ0n) is 28.2. The molecular formula is C36H53NO10. The van der Waals surface area contributed by atoms with Crippen LogP contribution in [0.25, 0.3) is 0 Å². The molecule has 2 heterocycles. The Morgan fingerprint density at radius 3 is 2.38 bits per heavy atom. The Bertz CT molecular complexity index is 1230. The minimum atomic E-state index is -1.98. The van der Waals surface area contributed by atoms with E-state index in [1.807, 2.05) is 26.8 Å². The summed E-state index contributed by atoms with van der Waals surface area (Å²) in [5.74, 6) is -4.52. The van der Waals surface area contributed by atoms with E-state index in [0.717, 1.165) is 11.6 Å². The summed E-state index contributed by atoms with van der Waals surface area (Å²) >= 11 is 0. The fraction of sp³-hybridized carbons (Fsp3) is 0.556. The first kappa shape index (κ1) is 40.0. The lowest BCUT2D eigenvalue weighted by atomic mass is 9.79. The molecule has 0 spiro atoms. The second kappa shape index (κ2) is 19.0. The van der Waals surface area contributed by atoms with Crippen LogP contribution in [0.1, 0.15) is 53.9 Å². The van der Waals surface area contributed by atoms with Crippen LogP contribution in [-0.2, 0) is 23.8 Å². The van der Waals surface area contributed by atoms with Gasteiger partial charge in [0.05, 0.1) is 30.3 Å². The fourth-order valence-electron chi connectivity index (χ4n) is 5.85. The highest BCUT2D eigenvalue weighted by Gasteiger charge is 2.55. The van der Waals surface area contributed by atoms with Gasteiger partial charge in [-0.1, -0.05) is 86.8 Å². The molecule has 10 unspecified atom stereocenters. The number of aliphatic hydroxyl groups is 4. The van der Waals surface area contributed by atoms with Crippen LogP contribution in [0, 0.1) is 11.8 Å². The number of carboxylic acids is 1. The summed E-state index contributed by atoms with van der Waals surface area (Å²) in [4.78, 5) is 23.7. The average Bonchev–Trinajstić information content (AvgIpc) is 3.38. The van der Waals surface area contributed by atoms with Crippen molar-refractivity contribution in [2.45, 2.75) is 102 Å². The van der Waals surface area contributed by atoms with Gasteiger partial charge in [0.25, 0.3) is 0 Å². The van der Waals surface area contributed by atoms with E-state index in [-0.39, 0.29) is 37.5 Å². The van der Waals surface area contributed by atoms with Crippen LogP contribution in [0.5, 0.6) is 0 Å². The summed E-state index contributed by atoms with van der Waals surface area (Å²) in [5.41, 5.74) is -0.727. The lowest BCUT2D eigenvalue weighted by Gasteiger charge is -2.49. The second-order valence-corrected chi connectivity index (χ2v) is 12.2. The lowest BCUT2D eigenvalue weighted by molar-refractivity contribution is -0.329. The summed E-state index contributed by atoms with van der Waals surface area (Å²) in [6.45, 7) is 9.11. The standard InChI is InChI=1S/C36H53NO10/c1-7-9-12-19-31-35(5,43)30(39)23-36(44,47-31)26(8-2)34(42)37-21-16-15-17-24(3)33(45-6)25(4)29-22-27(38)28(46-29)18-13-10-11-14-20-32(40)41/h7,9-20,25-31,33,38-39,43-44H,8,21-23H2,1-6H3,(H,37,42)(H,40,41). The number of amides is 1. The van der Waals surface area contributed by atoms with Crippen molar-refractivity contribution in [3.63, 3.8) is 0 Å². The number of allylic oxidation sites excluding steroid dienone is 9. The molecule has 6 N–H and O–H groups in total. The summed E-state index contributed by atoms with van der Waals surface area (Å²) in [5, 5.41) is 54.8. The molecule has 2 aliphatic rings. The van der Waals surface area contributed by atoms with E-state index in [2.05, 4.69) is 5.32 Å². The third-order valence-corrected chi connectivity index (χ3v) is 8.64. The number of hydrogen-bond acceptors (Lipinski definition) is 9. The predicted molar refractivity (Wildman–Crippen MR) is 179 cm³/mol. The van der Waals surface area contributed by atoms with E-state index in [1.54, 1.807) is 74.8 Å². The number of carbonyl (C=O) groups excluding carboxylic acids is 1. The highest BCUT2D eigenvalue weighted by atomic mass is 16.6.